The van der Waals surface area contributed by atoms with Crippen LogP contribution < -0.4 is 10.5 Å². The highest BCUT2D eigenvalue weighted by Gasteiger charge is 2.45. The van der Waals surface area contributed by atoms with Crippen molar-refractivity contribution in [3.8, 4) is 5.75 Å². The van der Waals surface area contributed by atoms with Gasteiger partial charge in [-0.1, -0.05) is 0 Å². The smallest absolute Gasteiger partial charge is 0.134 e. The summed E-state index contributed by atoms with van der Waals surface area (Å²) in [6.07, 6.45) is 0. The minimum absolute atomic E-state index is 0.0218. The van der Waals surface area contributed by atoms with E-state index in [1.54, 1.807) is 0 Å². The molecule has 2 aliphatic heterocycles. The van der Waals surface area contributed by atoms with Gasteiger partial charge in [-0.25, -0.2) is 0 Å². The molecular formula is C18H22N2O3S. The fraction of sp³-hybridized carbons (Fsp3) is 0.444. The summed E-state index contributed by atoms with van der Waals surface area (Å²) < 4.78 is 17.0. The van der Waals surface area contributed by atoms with Gasteiger partial charge >= 0.3 is 0 Å². The van der Waals surface area contributed by atoms with Crippen molar-refractivity contribution in [3.63, 3.8) is 0 Å². The molecule has 0 unspecified atom stereocenters. The number of hydrogen-bond acceptors (Lipinski definition) is 6. The van der Waals surface area contributed by atoms with Crippen molar-refractivity contribution in [2.45, 2.75) is 19.4 Å². The van der Waals surface area contributed by atoms with Crippen molar-refractivity contribution in [2.24, 2.45) is 5.73 Å². The molecule has 3 heterocycles. The highest BCUT2D eigenvalue weighted by Crippen LogP contribution is 2.39. The molecule has 1 fully saturated rings. The molecule has 5 nitrogen and oxygen atoms in total. The zero-order valence-electron chi connectivity index (χ0n) is 14.0. The second-order valence-corrected chi connectivity index (χ2v) is 7.52. The Balaban J connectivity index is 1.47. The van der Waals surface area contributed by atoms with E-state index >= 15 is 0 Å². The second kappa shape index (κ2) is 6.02. The first-order valence-electron chi connectivity index (χ1n) is 8.12. The third kappa shape index (κ3) is 2.59. The highest BCUT2D eigenvalue weighted by molar-refractivity contribution is 8.03. The topological polar surface area (TPSA) is 60.9 Å². The largest absolute Gasteiger partial charge is 0.488 e. The molecule has 0 atom stereocenters. The number of benzene rings is 1. The standard InChI is InChI=1S/C18H22N2O3S/c1-12-5-14-6-15(3-4-16(14)23-12)22-7-17-13(2)20(11-24-17)18(8-19)9-21-10-18/h3-6H,7-11,19H2,1-2H3. The molecule has 1 aromatic carbocycles. The van der Waals surface area contributed by atoms with Crippen molar-refractivity contribution >= 4 is 22.7 Å². The zero-order valence-corrected chi connectivity index (χ0v) is 14.8. The molecular weight excluding hydrogens is 324 g/mol. The lowest BCUT2D eigenvalue weighted by molar-refractivity contribution is -0.117. The highest BCUT2D eigenvalue weighted by atomic mass is 32.2. The van der Waals surface area contributed by atoms with E-state index in [1.807, 2.05) is 43.0 Å². The number of furan rings is 1. The lowest BCUT2D eigenvalue weighted by atomic mass is 9.95. The molecule has 0 saturated carbocycles. The molecule has 4 rings (SSSR count). The number of nitrogens with zero attached hydrogens (tertiary/aromatic N) is 1. The molecule has 1 aromatic heterocycles. The van der Waals surface area contributed by atoms with E-state index in [0.717, 1.165) is 28.4 Å². The first kappa shape index (κ1) is 15.9. The van der Waals surface area contributed by atoms with Gasteiger partial charge in [0.2, 0.25) is 0 Å². The molecule has 0 amide bonds. The van der Waals surface area contributed by atoms with Crippen molar-refractivity contribution in [3.05, 3.63) is 40.6 Å². The molecule has 2 aliphatic rings. The molecule has 2 N–H and O–H groups in total. The quantitative estimate of drug-likeness (QED) is 0.898. The third-order valence-corrected chi connectivity index (χ3v) is 6.00. The maximum Gasteiger partial charge on any atom is 0.134 e. The van der Waals surface area contributed by atoms with Gasteiger partial charge in [0.15, 0.2) is 0 Å². The van der Waals surface area contributed by atoms with E-state index in [0.29, 0.717) is 26.4 Å². The second-order valence-electron chi connectivity index (χ2n) is 6.48. The summed E-state index contributed by atoms with van der Waals surface area (Å²) in [6, 6.07) is 7.97. The van der Waals surface area contributed by atoms with Gasteiger partial charge in [0.1, 0.15) is 23.7 Å². The summed E-state index contributed by atoms with van der Waals surface area (Å²) in [5.41, 5.74) is 8.11. The molecule has 2 aromatic rings. The van der Waals surface area contributed by atoms with Crippen LogP contribution in [-0.4, -0.2) is 42.7 Å². The fourth-order valence-corrected chi connectivity index (χ4v) is 4.46. The van der Waals surface area contributed by atoms with Crippen LogP contribution in [0, 0.1) is 6.92 Å². The number of nitrogens with two attached hydrogens (primary N) is 1. The SMILES string of the molecule is CC1=C(COc2ccc3oc(C)cc3c2)SCN1C1(CN)COC1. The van der Waals surface area contributed by atoms with Gasteiger partial charge in [0.25, 0.3) is 0 Å². The number of hydrogen-bond donors (Lipinski definition) is 1. The Morgan fingerprint density at radius 3 is 2.83 bits per heavy atom. The number of rotatable bonds is 5. The third-order valence-electron chi connectivity index (χ3n) is 4.85. The number of aryl methyl sites for hydroxylation is 1. The van der Waals surface area contributed by atoms with Gasteiger partial charge in [-0.2, -0.15) is 0 Å². The first-order chi connectivity index (χ1) is 11.6. The predicted molar refractivity (Wildman–Crippen MR) is 96.0 cm³/mol. The molecule has 24 heavy (non-hydrogen) atoms. The van der Waals surface area contributed by atoms with E-state index in [4.69, 9.17) is 19.6 Å². The van der Waals surface area contributed by atoms with Gasteiger partial charge in [0.05, 0.1) is 24.6 Å². The Labute approximate surface area is 145 Å². The van der Waals surface area contributed by atoms with Crippen molar-refractivity contribution in [1.29, 1.82) is 0 Å². The maximum absolute atomic E-state index is 6.01. The van der Waals surface area contributed by atoms with E-state index in [1.165, 1.54) is 10.6 Å². The molecule has 0 bridgehead atoms. The first-order valence-corrected chi connectivity index (χ1v) is 9.11. The Hall–Kier alpha value is -1.63. The number of thioether (sulfide) groups is 1. The minimum atomic E-state index is -0.0218. The van der Waals surface area contributed by atoms with Crippen LogP contribution in [0.1, 0.15) is 12.7 Å². The van der Waals surface area contributed by atoms with E-state index in [-0.39, 0.29) is 5.54 Å². The van der Waals surface area contributed by atoms with Gasteiger partial charge in [0, 0.05) is 22.5 Å². The van der Waals surface area contributed by atoms with Crippen molar-refractivity contribution < 1.29 is 13.9 Å². The van der Waals surface area contributed by atoms with Crippen LogP contribution in [0.2, 0.25) is 0 Å². The van der Waals surface area contributed by atoms with Crippen LogP contribution in [0.5, 0.6) is 5.75 Å². The molecule has 0 radical (unpaired) electrons. The Morgan fingerprint density at radius 2 is 2.12 bits per heavy atom. The van der Waals surface area contributed by atoms with E-state index in [2.05, 4.69) is 11.8 Å². The minimum Gasteiger partial charge on any atom is -0.488 e. The van der Waals surface area contributed by atoms with E-state index in [9.17, 15) is 0 Å². The van der Waals surface area contributed by atoms with E-state index < -0.39 is 0 Å². The molecule has 0 aliphatic carbocycles. The van der Waals surface area contributed by atoms with Gasteiger partial charge in [-0.3, -0.25) is 0 Å². The summed E-state index contributed by atoms with van der Waals surface area (Å²) in [6.45, 7) is 6.73. The van der Waals surface area contributed by atoms with Crippen LogP contribution in [0.15, 0.2) is 39.3 Å². The zero-order chi connectivity index (χ0) is 16.7. The Kier molecular flexibility index (Phi) is 3.98. The monoisotopic (exact) mass is 346 g/mol. The lowest BCUT2D eigenvalue weighted by Crippen LogP contribution is -2.65. The van der Waals surface area contributed by atoms with Crippen LogP contribution in [0.4, 0.5) is 0 Å². The Bertz CT molecular complexity index is 789. The average Bonchev–Trinajstić information content (AvgIpc) is 3.07. The average molecular weight is 346 g/mol. The lowest BCUT2D eigenvalue weighted by Gasteiger charge is -2.48. The van der Waals surface area contributed by atoms with Crippen LogP contribution in [-0.2, 0) is 4.74 Å². The van der Waals surface area contributed by atoms with Gasteiger partial charge in [-0.15, -0.1) is 11.8 Å². The summed E-state index contributed by atoms with van der Waals surface area (Å²) in [5.74, 6) is 2.70. The van der Waals surface area contributed by atoms with Crippen LogP contribution in [0.3, 0.4) is 0 Å². The molecule has 128 valence electrons. The van der Waals surface area contributed by atoms with Crippen LogP contribution in [0.25, 0.3) is 11.0 Å². The summed E-state index contributed by atoms with van der Waals surface area (Å²) in [4.78, 5) is 3.64. The molecule has 0 spiro atoms. The van der Waals surface area contributed by atoms with Crippen LogP contribution >= 0.6 is 11.8 Å². The summed E-state index contributed by atoms with van der Waals surface area (Å²) >= 11 is 1.83. The van der Waals surface area contributed by atoms with Gasteiger partial charge < -0.3 is 24.5 Å². The van der Waals surface area contributed by atoms with Gasteiger partial charge in [-0.05, 0) is 38.1 Å². The summed E-state index contributed by atoms with van der Waals surface area (Å²) in [5, 5.41) is 1.07. The molecule has 1 saturated heterocycles. The number of allylic oxidation sites excluding steroid dienone is 1. The van der Waals surface area contributed by atoms with Crippen molar-refractivity contribution in [1.82, 2.24) is 4.90 Å². The number of fused-ring (bicyclic) bond motifs is 1. The summed E-state index contributed by atoms with van der Waals surface area (Å²) in [7, 11) is 0. The van der Waals surface area contributed by atoms with Crippen molar-refractivity contribution in [2.75, 3.05) is 32.2 Å². The number of ether oxygens (including phenoxy) is 2. The predicted octanol–water partition coefficient (Wildman–Crippen LogP) is 3.09. The normalized spacial score (nSPS) is 19.9. The fourth-order valence-electron chi connectivity index (χ4n) is 3.25. The maximum atomic E-state index is 6.01. The molecule has 6 heteroatoms. The Morgan fingerprint density at radius 1 is 1.29 bits per heavy atom.